The summed E-state index contributed by atoms with van der Waals surface area (Å²) in [5, 5.41) is 12.3. The second kappa shape index (κ2) is 13.0. The van der Waals surface area contributed by atoms with Gasteiger partial charge in [0.1, 0.15) is 12.1 Å². The zero-order valence-electron chi connectivity index (χ0n) is 16.7. The molecule has 1 amide bonds. The van der Waals surface area contributed by atoms with Crippen LogP contribution in [-0.4, -0.2) is 70.6 Å². The summed E-state index contributed by atoms with van der Waals surface area (Å²) >= 11 is 1.68. The third kappa shape index (κ3) is 8.09. The number of hydrogen-bond donors (Lipinski definition) is 2. The highest BCUT2D eigenvalue weighted by Gasteiger charge is 2.36. The van der Waals surface area contributed by atoms with Crippen molar-refractivity contribution < 1.29 is 24.2 Å². The molecule has 0 bridgehead atoms. The predicted molar refractivity (Wildman–Crippen MR) is 107 cm³/mol. The summed E-state index contributed by atoms with van der Waals surface area (Å²) in [6, 6.07) is -1.98. The first-order valence-corrected chi connectivity index (χ1v) is 11.1. The number of carboxylic acid groups (broad SMARTS) is 1. The summed E-state index contributed by atoms with van der Waals surface area (Å²) < 4.78 is 5.13. The lowest BCUT2D eigenvalue weighted by Gasteiger charge is -2.27. The Morgan fingerprint density at radius 3 is 2.63 bits per heavy atom. The van der Waals surface area contributed by atoms with Crippen molar-refractivity contribution >= 4 is 29.6 Å². The zero-order chi connectivity index (χ0) is 20.2. The molecule has 0 aromatic carbocycles. The van der Waals surface area contributed by atoms with E-state index >= 15 is 0 Å². The van der Waals surface area contributed by atoms with Crippen LogP contribution in [0.5, 0.6) is 0 Å². The van der Waals surface area contributed by atoms with Gasteiger partial charge in [-0.15, -0.1) is 0 Å². The van der Waals surface area contributed by atoms with Gasteiger partial charge in [-0.3, -0.25) is 14.9 Å². The van der Waals surface area contributed by atoms with Crippen LogP contribution in [0.4, 0.5) is 0 Å². The van der Waals surface area contributed by atoms with Crippen molar-refractivity contribution in [3.05, 3.63) is 0 Å². The van der Waals surface area contributed by atoms with Crippen molar-refractivity contribution in [2.24, 2.45) is 0 Å². The van der Waals surface area contributed by atoms with Crippen LogP contribution in [-0.2, 0) is 19.1 Å². The van der Waals surface area contributed by atoms with Gasteiger partial charge in [-0.1, -0.05) is 26.2 Å². The molecule has 1 aliphatic heterocycles. The van der Waals surface area contributed by atoms with Crippen LogP contribution >= 0.6 is 11.8 Å². The van der Waals surface area contributed by atoms with E-state index in [1.165, 1.54) is 24.2 Å². The molecule has 0 aromatic heterocycles. The highest BCUT2D eigenvalue weighted by atomic mass is 32.2. The Labute approximate surface area is 166 Å². The molecule has 1 aliphatic rings. The molecule has 1 rings (SSSR count). The molecule has 0 radical (unpaired) electrons. The van der Waals surface area contributed by atoms with Crippen LogP contribution in [0, 0.1) is 0 Å². The molecule has 0 aliphatic carbocycles. The number of amides is 1. The van der Waals surface area contributed by atoms with Gasteiger partial charge >= 0.3 is 11.9 Å². The summed E-state index contributed by atoms with van der Waals surface area (Å²) in [5.74, 6) is -0.118. The largest absolute Gasteiger partial charge is 0.480 e. The molecule has 27 heavy (non-hydrogen) atoms. The number of unbranched alkanes of at least 4 members (excludes halogenated alkanes) is 3. The minimum atomic E-state index is -0.974. The Balaban J connectivity index is 2.58. The maximum absolute atomic E-state index is 12.7. The molecule has 3 atom stereocenters. The van der Waals surface area contributed by atoms with Crippen molar-refractivity contribution in [1.29, 1.82) is 0 Å². The molecular weight excluding hydrogens is 368 g/mol. The van der Waals surface area contributed by atoms with E-state index in [0.717, 1.165) is 12.2 Å². The first-order valence-electron chi connectivity index (χ1n) is 9.96. The van der Waals surface area contributed by atoms with Gasteiger partial charge in [0.15, 0.2) is 0 Å². The Bertz CT molecular complexity index is 489. The van der Waals surface area contributed by atoms with Crippen LogP contribution < -0.4 is 5.32 Å². The zero-order valence-corrected chi connectivity index (χ0v) is 17.6. The van der Waals surface area contributed by atoms with Crippen LogP contribution in [0.25, 0.3) is 0 Å². The molecule has 1 saturated heterocycles. The van der Waals surface area contributed by atoms with Crippen molar-refractivity contribution in [2.45, 2.75) is 77.4 Å². The normalized spacial score (nSPS) is 18.9. The van der Waals surface area contributed by atoms with Crippen LogP contribution in [0.1, 0.15) is 59.3 Å². The second-order valence-electron chi connectivity index (χ2n) is 6.86. The minimum absolute atomic E-state index is 0.276. The quantitative estimate of drug-likeness (QED) is 0.360. The number of hydrogen-bond acceptors (Lipinski definition) is 6. The van der Waals surface area contributed by atoms with E-state index in [1.807, 2.05) is 0 Å². The Hall–Kier alpha value is -1.28. The number of nitrogens with one attached hydrogen (secondary N) is 1. The number of thioether (sulfide) groups is 1. The minimum Gasteiger partial charge on any atom is -0.480 e. The summed E-state index contributed by atoms with van der Waals surface area (Å²) in [6.07, 6.45) is 5.85. The lowest BCUT2D eigenvalue weighted by Crippen LogP contribution is -2.54. The number of carbonyl (C=O) groups is 3. The van der Waals surface area contributed by atoms with Gasteiger partial charge in [-0.25, -0.2) is 4.79 Å². The lowest BCUT2D eigenvalue weighted by molar-refractivity contribution is -0.150. The van der Waals surface area contributed by atoms with Gasteiger partial charge < -0.3 is 14.7 Å². The summed E-state index contributed by atoms with van der Waals surface area (Å²) in [7, 11) is 0. The fourth-order valence-electron chi connectivity index (χ4n) is 3.17. The number of ether oxygens (including phenoxy) is 1. The molecule has 1 heterocycles. The van der Waals surface area contributed by atoms with Crippen molar-refractivity contribution in [3.63, 3.8) is 0 Å². The molecule has 0 saturated carbocycles. The van der Waals surface area contributed by atoms with Gasteiger partial charge in [-0.05, 0) is 38.9 Å². The average molecular weight is 403 g/mol. The third-order valence-corrected chi connectivity index (χ3v) is 5.79. The predicted octanol–water partition coefficient (Wildman–Crippen LogP) is 2.29. The van der Waals surface area contributed by atoms with E-state index in [1.54, 1.807) is 25.6 Å². The second-order valence-corrected chi connectivity index (χ2v) is 8.01. The smallest absolute Gasteiger partial charge is 0.326 e. The molecule has 0 aromatic rings. The maximum Gasteiger partial charge on any atom is 0.326 e. The molecule has 2 N–H and O–H groups in total. The highest BCUT2D eigenvalue weighted by molar-refractivity contribution is 7.99. The topological polar surface area (TPSA) is 95.9 Å². The van der Waals surface area contributed by atoms with E-state index in [4.69, 9.17) is 4.74 Å². The summed E-state index contributed by atoms with van der Waals surface area (Å²) in [5.41, 5.74) is 0. The maximum atomic E-state index is 12.7. The summed E-state index contributed by atoms with van der Waals surface area (Å²) in [6.45, 7) is 6.33. The van der Waals surface area contributed by atoms with Gasteiger partial charge in [-0.2, -0.15) is 11.8 Å². The van der Waals surface area contributed by atoms with Gasteiger partial charge in [0.25, 0.3) is 0 Å². The molecule has 7 nitrogen and oxygen atoms in total. The number of aliphatic carboxylic acids is 1. The SMILES string of the molecule is CCCCCCSC[C@H](NC(C)C(=O)N1CCC[C@H]1C(=O)O)C(=O)OCC. The molecule has 1 unspecified atom stereocenters. The molecule has 156 valence electrons. The molecule has 8 heteroatoms. The number of carbonyl (C=O) groups excluding carboxylic acids is 2. The highest BCUT2D eigenvalue weighted by Crippen LogP contribution is 2.19. The molecule has 1 fully saturated rings. The van der Waals surface area contributed by atoms with Crippen molar-refractivity contribution in [3.8, 4) is 0 Å². The Morgan fingerprint density at radius 1 is 1.26 bits per heavy atom. The Kier molecular flexibility index (Phi) is 11.4. The van der Waals surface area contributed by atoms with Crippen molar-refractivity contribution in [2.75, 3.05) is 24.7 Å². The number of likely N-dealkylation sites (tertiary alicyclic amines) is 1. The standard InChI is InChI=1S/C19H34N2O5S/c1-4-6-7-8-12-27-13-15(19(25)26-5-2)20-14(3)17(22)21-11-9-10-16(21)18(23)24/h14-16,20H,4-13H2,1-3H3,(H,23,24)/t14?,15-,16-/m0/s1. The number of esters is 1. The number of rotatable bonds is 13. The van der Waals surface area contributed by atoms with E-state index in [0.29, 0.717) is 25.1 Å². The number of carboxylic acids is 1. The van der Waals surface area contributed by atoms with Gasteiger partial charge in [0, 0.05) is 12.3 Å². The van der Waals surface area contributed by atoms with E-state index in [9.17, 15) is 19.5 Å². The third-order valence-electron chi connectivity index (χ3n) is 4.64. The number of nitrogens with zero attached hydrogens (tertiary/aromatic N) is 1. The van der Waals surface area contributed by atoms with Gasteiger partial charge in [0.2, 0.25) is 5.91 Å². The van der Waals surface area contributed by atoms with Crippen LogP contribution in [0.3, 0.4) is 0 Å². The fraction of sp³-hybridized carbons (Fsp3) is 0.842. The molecular formula is C19H34N2O5S. The first-order chi connectivity index (χ1) is 12.9. The van der Waals surface area contributed by atoms with E-state index in [2.05, 4.69) is 12.2 Å². The summed E-state index contributed by atoms with van der Waals surface area (Å²) in [4.78, 5) is 37.6. The lowest BCUT2D eigenvalue weighted by atomic mass is 10.2. The fourth-order valence-corrected chi connectivity index (χ4v) is 4.21. The van der Waals surface area contributed by atoms with Gasteiger partial charge in [0.05, 0.1) is 12.6 Å². The van der Waals surface area contributed by atoms with E-state index in [-0.39, 0.29) is 18.5 Å². The van der Waals surface area contributed by atoms with Crippen LogP contribution in [0.2, 0.25) is 0 Å². The van der Waals surface area contributed by atoms with Crippen LogP contribution in [0.15, 0.2) is 0 Å². The average Bonchev–Trinajstić information content (AvgIpc) is 3.13. The first kappa shape index (κ1) is 23.8. The molecule has 0 spiro atoms. The van der Waals surface area contributed by atoms with E-state index < -0.39 is 24.1 Å². The monoisotopic (exact) mass is 402 g/mol. The van der Waals surface area contributed by atoms with Crippen molar-refractivity contribution in [1.82, 2.24) is 10.2 Å². The Morgan fingerprint density at radius 2 is 2.00 bits per heavy atom.